The predicted molar refractivity (Wildman–Crippen MR) is 55.5 cm³/mol. The molecular formula is C10H9ClN2O2. The van der Waals surface area contributed by atoms with Crippen molar-refractivity contribution in [3.05, 3.63) is 34.9 Å². The molecule has 3 amide bonds. The Hall–Kier alpha value is -1.55. The summed E-state index contributed by atoms with van der Waals surface area (Å²) in [5.74, 6) is -0.248. The van der Waals surface area contributed by atoms with E-state index in [4.69, 9.17) is 11.6 Å². The number of nitrogens with zero attached hydrogens (tertiary/aromatic N) is 1. The maximum Gasteiger partial charge on any atom is 0.324 e. The molecular weight excluding hydrogens is 216 g/mol. The molecule has 0 saturated carbocycles. The normalized spacial score (nSPS) is 20.7. The minimum Gasteiger partial charge on any atom is -0.322 e. The molecule has 1 heterocycles. The van der Waals surface area contributed by atoms with Gasteiger partial charge in [0.2, 0.25) is 0 Å². The number of hydrogen-bond acceptors (Lipinski definition) is 2. The van der Waals surface area contributed by atoms with Gasteiger partial charge in [-0.05, 0) is 17.7 Å². The zero-order valence-electron chi connectivity index (χ0n) is 8.03. The molecule has 1 aromatic rings. The van der Waals surface area contributed by atoms with Gasteiger partial charge in [0.25, 0.3) is 5.91 Å². The van der Waals surface area contributed by atoms with Gasteiger partial charge in [0.15, 0.2) is 0 Å². The Morgan fingerprint density at radius 2 is 1.87 bits per heavy atom. The lowest BCUT2D eigenvalue weighted by atomic mass is 10.1. The number of halogens is 1. The second kappa shape index (κ2) is 3.55. The number of rotatable bonds is 1. The summed E-state index contributed by atoms with van der Waals surface area (Å²) in [6.07, 6.45) is 0. The molecule has 0 radical (unpaired) electrons. The molecule has 1 unspecified atom stereocenters. The summed E-state index contributed by atoms with van der Waals surface area (Å²) in [5, 5.41) is 3.18. The van der Waals surface area contributed by atoms with Crippen LogP contribution in [0.15, 0.2) is 24.3 Å². The molecule has 0 aromatic heterocycles. The van der Waals surface area contributed by atoms with Gasteiger partial charge in [0.05, 0.1) is 0 Å². The molecule has 0 spiro atoms. The van der Waals surface area contributed by atoms with E-state index in [-0.39, 0.29) is 11.9 Å². The Morgan fingerprint density at radius 1 is 1.27 bits per heavy atom. The number of benzene rings is 1. The highest BCUT2D eigenvalue weighted by Gasteiger charge is 2.36. The summed E-state index contributed by atoms with van der Waals surface area (Å²) in [7, 11) is 1.45. The van der Waals surface area contributed by atoms with Crippen LogP contribution in [0.2, 0.25) is 5.02 Å². The monoisotopic (exact) mass is 224 g/mol. The van der Waals surface area contributed by atoms with Crippen molar-refractivity contribution < 1.29 is 9.59 Å². The zero-order valence-corrected chi connectivity index (χ0v) is 8.78. The number of carbonyl (C=O) groups is 2. The van der Waals surface area contributed by atoms with Gasteiger partial charge < -0.3 is 5.32 Å². The Kier molecular flexibility index (Phi) is 2.36. The average Bonchev–Trinajstić information content (AvgIpc) is 2.47. The minimum absolute atomic E-state index is 0.248. The zero-order chi connectivity index (χ0) is 11.0. The molecule has 4 nitrogen and oxygen atoms in total. The maximum absolute atomic E-state index is 11.6. The van der Waals surface area contributed by atoms with Crippen molar-refractivity contribution >= 4 is 23.5 Å². The van der Waals surface area contributed by atoms with Crippen LogP contribution in [-0.4, -0.2) is 23.9 Å². The van der Waals surface area contributed by atoms with Crippen molar-refractivity contribution in [3.63, 3.8) is 0 Å². The number of carbonyl (C=O) groups excluding carboxylic acids is 2. The van der Waals surface area contributed by atoms with Crippen LogP contribution in [0.25, 0.3) is 0 Å². The highest BCUT2D eigenvalue weighted by molar-refractivity contribution is 6.30. The molecule has 1 N–H and O–H groups in total. The van der Waals surface area contributed by atoms with Crippen molar-refractivity contribution in [2.45, 2.75) is 6.04 Å². The topological polar surface area (TPSA) is 49.4 Å². The first kappa shape index (κ1) is 9.98. The van der Waals surface area contributed by atoms with E-state index in [0.717, 1.165) is 10.5 Å². The van der Waals surface area contributed by atoms with Gasteiger partial charge in [-0.3, -0.25) is 9.69 Å². The largest absolute Gasteiger partial charge is 0.324 e. The molecule has 1 aromatic carbocycles. The first-order valence-electron chi connectivity index (χ1n) is 4.43. The van der Waals surface area contributed by atoms with Crippen molar-refractivity contribution in [2.24, 2.45) is 0 Å². The number of nitrogens with one attached hydrogen (secondary N) is 1. The predicted octanol–water partition coefficient (Wildman–Crippen LogP) is 1.56. The first-order chi connectivity index (χ1) is 7.09. The first-order valence-corrected chi connectivity index (χ1v) is 4.81. The summed E-state index contributed by atoms with van der Waals surface area (Å²) >= 11 is 5.73. The van der Waals surface area contributed by atoms with Gasteiger partial charge in [-0.2, -0.15) is 0 Å². The second-order valence-electron chi connectivity index (χ2n) is 3.33. The molecule has 0 bridgehead atoms. The van der Waals surface area contributed by atoms with Gasteiger partial charge in [-0.25, -0.2) is 4.79 Å². The van der Waals surface area contributed by atoms with Gasteiger partial charge in [-0.15, -0.1) is 0 Å². The van der Waals surface area contributed by atoms with Crippen LogP contribution >= 0.6 is 11.6 Å². The van der Waals surface area contributed by atoms with Crippen LogP contribution in [0.1, 0.15) is 11.6 Å². The van der Waals surface area contributed by atoms with E-state index in [9.17, 15) is 9.59 Å². The third-order valence-corrected chi connectivity index (χ3v) is 2.61. The molecule has 2 rings (SSSR count). The van der Waals surface area contributed by atoms with Gasteiger partial charge in [0, 0.05) is 12.1 Å². The van der Waals surface area contributed by atoms with Crippen LogP contribution in [-0.2, 0) is 4.79 Å². The van der Waals surface area contributed by atoms with Gasteiger partial charge >= 0.3 is 6.03 Å². The number of hydrogen-bond donors (Lipinski definition) is 1. The molecule has 5 heteroatoms. The number of imide groups is 1. The molecule has 1 saturated heterocycles. The lowest BCUT2D eigenvalue weighted by molar-refractivity contribution is -0.126. The van der Waals surface area contributed by atoms with E-state index >= 15 is 0 Å². The molecule has 1 aliphatic heterocycles. The summed E-state index contributed by atoms with van der Waals surface area (Å²) in [6.45, 7) is 0. The Morgan fingerprint density at radius 3 is 2.33 bits per heavy atom. The van der Waals surface area contributed by atoms with Crippen LogP contribution in [0.3, 0.4) is 0 Å². The quantitative estimate of drug-likeness (QED) is 0.736. The smallest absolute Gasteiger partial charge is 0.322 e. The van der Waals surface area contributed by atoms with E-state index in [1.165, 1.54) is 7.05 Å². The average molecular weight is 225 g/mol. The third-order valence-electron chi connectivity index (χ3n) is 2.35. The third kappa shape index (κ3) is 1.68. The van der Waals surface area contributed by atoms with Crippen molar-refractivity contribution in [1.82, 2.24) is 10.2 Å². The maximum atomic E-state index is 11.6. The standard InChI is InChI=1S/C10H9ClN2O2/c1-13-9(14)8(12-10(13)15)6-2-4-7(11)5-3-6/h2-5,8H,1H3,(H,12,15). The number of amides is 3. The molecule has 15 heavy (non-hydrogen) atoms. The molecule has 1 fully saturated rings. The Labute approximate surface area is 91.8 Å². The minimum atomic E-state index is -0.584. The van der Waals surface area contributed by atoms with Gasteiger partial charge in [0.1, 0.15) is 6.04 Å². The number of likely N-dealkylation sites (N-methyl/N-ethyl adjacent to an activating group) is 1. The van der Waals surface area contributed by atoms with Crippen LogP contribution in [0.5, 0.6) is 0 Å². The Bertz CT molecular complexity index is 416. The molecule has 78 valence electrons. The lowest BCUT2D eigenvalue weighted by Gasteiger charge is -2.07. The fourth-order valence-electron chi connectivity index (χ4n) is 1.46. The molecule has 1 aliphatic rings. The summed E-state index contributed by atoms with van der Waals surface area (Å²) in [5.41, 5.74) is 0.738. The summed E-state index contributed by atoms with van der Waals surface area (Å²) < 4.78 is 0. The van der Waals surface area contributed by atoms with Gasteiger partial charge in [-0.1, -0.05) is 23.7 Å². The lowest BCUT2D eigenvalue weighted by Crippen LogP contribution is -2.25. The van der Waals surface area contributed by atoms with E-state index < -0.39 is 6.04 Å². The van der Waals surface area contributed by atoms with Crippen molar-refractivity contribution in [3.8, 4) is 0 Å². The van der Waals surface area contributed by atoms with Crippen LogP contribution in [0.4, 0.5) is 4.79 Å². The summed E-state index contributed by atoms with van der Waals surface area (Å²) in [4.78, 5) is 23.9. The fourth-order valence-corrected chi connectivity index (χ4v) is 1.58. The van der Waals surface area contributed by atoms with E-state index in [0.29, 0.717) is 5.02 Å². The number of urea groups is 1. The Balaban J connectivity index is 2.29. The van der Waals surface area contributed by atoms with E-state index in [1.54, 1.807) is 24.3 Å². The molecule has 0 aliphatic carbocycles. The van der Waals surface area contributed by atoms with Crippen molar-refractivity contribution in [1.29, 1.82) is 0 Å². The highest BCUT2D eigenvalue weighted by Crippen LogP contribution is 2.22. The highest BCUT2D eigenvalue weighted by atomic mass is 35.5. The van der Waals surface area contributed by atoms with Crippen LogP contribution in [0, 0.1) is 0 Å². The van der Waals surface area contributed by atoms with Crippen LogP contribution < -0.4 is 5.32 Å². The van der Waals surface area contributed by atoms with Crippen molar-refractivity contribution in [2.75, 3.05) is 7.05 Å². The second-order valence-corrected chi connectivity index (χ2v) is 3.77. The van der Waals surface area contributed by atoms with E-state index in [2.05, 4.69) is 5.32 Å². The SMILES string of the molecule is CN1C(=O)NC(c2ccc(Cl)cc2)C1=O. The summed E-state index contributed by atoms with van der Waals surface area (Å²) in [6, 6.07) is 5.87. The fraction of sp³-hybridized carbons (Fsp3) is 0.200. The van der Waals surface area contributed by atoms with E-state index in [1.807, 2.05) is 0 Å². The molecule has 1 atom stereocenters.